The van der Waals surface area contributed by atoms with Gasteiger partial charge >= 0.3 is 0 Å². The number of nitro benzene ring substituents is 1. The summed E-state index contributed by atoms with van der Waals surface area (Å²) < 4.78 is 0. The summed E-state index contributed by atoms with van der Waals surface area (Å²) in [6, 6.07) is 7.07. The van der Waals surface area contributed by atoms with Gasteiger partial charge in [0.2, 0.25) is 0 Å². The summed E-state index contributed by atoms with van der Waals surface area (Å²) >= 11 is 0. The number of nitrogens with zero attached hydrogens (tertiary/aromatic N) is 2. The van der Waals surface area contributed by atoms with Gasteiger partial charge in [-0.05, 0) is 18.2 Å². The number of benzene rings is 2. The van der Waals surface area contributed by atoms with E-state index in [2.05, 4.69) is 0 Å². The third-order valence-electron chi connectivity index (χ3n) is 4.14. The van der Waals surface area contributed by atoms with Gasteiger partial charge in [-0.2, -0.15) is 0 Å². The van der Waals surface area contributed by atoms with Crippen molar-refractivity contribution in [2.45, 2.75) is 6.04 Å². The first kappa shape index (κ1) is 13.4. The number of non-ortho nitro benzene ring substituents is 1. The van der Waals surface area contributed by atoms with Crippen molar-refractivity contribution < 1.29 is 14.5 Å². The zero-order chi connectivity index (χ0) is 16.1. The van der Waals surface area contributed by atoms with E-state index >= 15 is 0 Å². The second-order valence-corrected chi connectivity index (χ2v) is 5.36. The molecule has 0 aromatic heterocycles. The van der Waals surface area contributed by atoms with E-state index in [1.165, 1.54) is 17.0 Å². The van der Waals surface area contributed by atoms with Crippen LogP contribution in [0.1, 0.15) is 20.7 Å². The number of allylic oxidation sites excluding steroid dienone is 2. The monoisotopic (exact) mass is 306 g/mol. The molecule has 2 aromatic rings. The number of amides is 2. The van der Waals surface area contributed by atoms with Crippen LogP contribution in [0.25, 0.3) is 10.8 Å². The molecule has 6 nitrogen and oxygen atoms in total. The van der Waals surface area contributed by atoms with Gasteiger partial charge < -0.3 is 0 Å². The van der Waals surface area contributed by atoms with Crippen LogP contribution >= 0.6 is 0 Å². The lowest BCUT2D eigenvalue weighted by Crippen LogP contribution is -2.45. The van der Waals surface area contributed by atoms with Crippen LogP contribution in [0.15, 0.2) is 54.6 Å². The number of carbonyl (C=O) groups is 2. The molecule has 0 fully saturated rings. The molecular weight excluding hydrogens is 296 g/mol. The van der Waals surface area contributed by atoms with Gasteiger partial charge in [-0.1, -0.05) is 30.4 Å². The second-order valence-electron chi connectivity index (χ2n) is 5.36. The first-order chi connectivity index (χ1) is 11.1. The summed E-state index contributed by atoms with van der Waals surface area (Å²) in [4.78, 5) is 37.4. The highest BCUT2D eigenvalue weighted by Crippen LogP contribution is 2.36. The summed E-state index contributed by atoms with van der Waals surface area (Å²) in [5.41, 5.74) is 0.518. The predicted octanol–water partition coefficient (Wildman–Crippen LogP) is 2.84. The summed E-state index contributed by atoms with van der Waals surface area (Å²) in [5, 5.41) is 11.9. The Morgan fingerprint density at radius 1 is 0.957 bits per heavy atom. The van der Waals surface area contributed by atoms with Crippen LogP contribution in [0.4, 0.5) is 5.69 Å². The molecule has 0 unspecified atom stereocenters. The molecule has 0 atom stereocenters. The van der Waals surface area contributed by atoms with Gasteiger partial charge in [0.05, 0.1) is 16.4 Å². The zero-order valence-corrected chi connectivity index (χ0v) is 11.8. The van der Waals surface area contributed by atoms with Crippen molar-refractivity contribution in [3.63, 3.8) is 0 Å². The normalized spacial score (nSPS) is 16.6. The van der Waals surface area contributed by atoms with E-state index in [9.17, 15) is 19.7 Å². The number of carbonyl (C=O) groups excluding carboxylic acids is 2. The third kappa shape index (κ3) is 1.75. The fourth-order valence-electron chi connectivity index (χ4n) is 3.12. The maximum absolute atomic E-state index is 12.7. The molecule has 2 aromatic carbocycles. The lowest BCUT2D eigenvalue weighted by atomic mass is 9.92. The number of imide groups is 1. The molecule has 4 rings (SSSR count). The molecule has 2 amide bonds. The molecule has 1 aliphatic carbocycles. The Morgan fingerprint density at radius 2 is 1.61 bits per heavy atom. The number of hydrogen-bond acceptors (Lipinski definition) is 4. The van der Waals surface area contributed by atoms with Crippen molar-refractivity contribution in [2.75, 3.05) is 0 Å². The molecular formula is C17H10N2O4. The highest BCUT2D eigenvalue weighted by Gasteiger charge is 2.37. The van der Waals surface area contributed by atoms with E-state index in [0.29, 0.717) is 21.9 Å². The molecule has 0 radical (unpaired) electrons. The maximum atomic E-state index is 12.7. The smallest absolute Gasteiger partial charge is 0.269 e. The highest BCUT2D eigenvalue weighted by atomic mass is 16.6. The summed E-state index contributed by atoms with van der Waals surface area (Å²) in [7, 11) is 0. The van der Waals surface area contributed by atoms with Gasteiger partial charge in [0.1, 0.15) is 0 Å². The summed E-state index contributed by atoms with van der Waals surface area (Å²) in [6.07, 6.45) is 7.06. The molecule has 23 heavy (non-hydrogen) atoms. The van der Waals surface area contributed by atoms with Crippen LogP contribution in [-0.2, 0) is 0 Å². The first-order valence-electron chi connectivity index (χ1n) is 7.02. The average Bonchev–Trinajstić information content (AvgIpc) is 3.06. The minimum Gasteiger partial charge on any atom is -0.269 e. The van der Waals surface area contributed by atoms with Crippen molar-refractivity contribution in [3.8, 4) is 0 Å². The Balaban J connectivity index is 2.01. The van der Waals surface area contributed by atoms with Gasteiger partial charge in [0.15, 0.2) is 0 Å². The topological polar surface area (TPSA) is 80.5 Å². The van der Waals surface area contributed by atoms with E-state index in [-0.39, 0.29) is 5.69 Å². The minimum atomic E-state index is -0.507. The van der Waals surface area contributed by atoms with Crippen LogP contribution in [0.3, 0.4) is 0 Å². The predicted molar refractivity (Wildman–Crippen MR) is 83.2 cm³/mol. The summed E-state index contributed by atoms with van der Waals surface area (Å²) in [5.74, 6) is -0.871. The second kappa shape index (κ2) is 4.61. The number of hydrogen-bond donors (Lipinski definition) is 0. The fourth-order valence-corrected chi connectivity index (χ4v) is 3.12. The molecule has 2 aliphatic rings. The van der Waals surface area contributed by atoms with Gasteiger partial charge in [0.25, 0.3) is 17.5 Å². The maximum Gasteiger partial charge on any atom is 0.277 e. The molecule has 6 heteroatoms. The zero-order valence-electron chi connectivity index (χ0n) is 11.8. The highest BCUT2D eigenvalue weighted by molar-refractivity contribution is 6.26. The Bertz CT molecular complexity index is 924. The molecule has 0 saturated heterocycles. The van der Waals surface area contributed by atoms with E-state index in [0.717, 1.165) is 0 Å². The SMILES string of the molecule is O=C1c2cccc3c([N+](=O)[O-])ccc(c23)C(=O)N1C1C=CC=C1. The molecule has 0 N–H and O–H groups in total. The molecule has 0 bridgehead atoms. The van der Waals surface area contributed by atoms with Crippen LogP contribution in [0.2, 0.25) is 0 Å². The number of rotatable bonds is 2. The van der Waals surface area contributed by atoms with Gasteiger partial charge in [-0.15, -0.1) is 0 Å². The molecule has 112 valence electrons. The minimum absolute atomic E-state index is 0.111. The van der Waals surface area contributed by atoms with Crippen molar-refractivity contribution in [3.05, 3.63) is 75.9 Å². The summed E-state index contributed by atoms with van der Waals surface area (Å²) in [6.45, 7) is 0. The van der Waals surface area contributed by atoms with Crippen LogP contribution in [0, 0.1) is 10.1 Å². The van der Waals surface area contributed by atoms with Gasteiger partial charge in [-0.3, -0.25) is 24.6 Å². The standard InChI is InChI=1S/C17H10N2O4/c20-16-12-7-3-6-11-14(19(22)23)9-8-13(15(11)12)17(21)18(16)10-4-1-2-5-10/h1-10H. The van der Waals surface area contributed by atoms with Crippen molar-refractivity contribution in [2.24, 2.45) is 0 Å². The van der Waals surface area contributed by atoms with Crippen molar-refractivity contribution in [1.29, 1.82) is 0 Å². The van der Waals surface area contributed by atoms with Gasteiger partial charge in [-0.25, -0.2) is 0 Å². The molecule has 1 aliphatic heterocycles. The average molecular weight is 306 g/mol. The van der Waals surface area contributed by atoms with Crippen molar-refractivity contribution >= 4 is 28.3 Å². The van der Waals surface area contributed by atoms with Crippen molar-refractivity contribution in [1.82, 2.24) is 4.90 Å². The van der Waals surface area contributed by atoms with Crippen LogP contribution in [-0.4, -0.2) is 27.7 Å². The lowest BCUT2D eigenvalue weighted by Gasteiger charge is -2.30. The molecule has 0 saturated carbocycles. The van der Waals surface area contributed by atoms with Gasteiger partial charge in [0, 0.05) is 22.6 Å². The quantitative estimate of drug-likeness (QED) is 0.485. The third-order valence-corrected chi connectivity index (χ3v) is 4.14. The van der Waals surface area contributed by atoms with Crippen LogP contribution in [0.5, 0.6) is 0 Å². The lowest BCUT2D eigenvalue weighted by molar-refractivity contribution is -0.383. The Kier molecular flexibility index (Phi) is 2.68. The molecule has 0 spiro atoms. The van der Waals surface area contributed by atoms with E-state index < -0.39 is 22.8 Å². The van der Waals surface area contributed by atoms with E-state index in [1.807, 2.05) is 0 Å². The first-order valence-corrected chi connectivity index (χ1v) is 7.02. The largest absolute Gasteiger partial charge is 0.277 e. The Morgan fingerprint density at radius 3 is 2.26 bits per heavy atom. The van der Waals surface area contributed by atoms with E-state index in [1.54, 1.807) is 42.5 Å². The molecule has 1 heterocycles. The Labute approximate surface area is 130 Å². The fraction of sp³-hybridized carbons (Fsp3) is 0.0588. The Hall–Kier alpha value is -3.28. The van der Waals surface area contributed by atoms with E-state index in [4.69, 9.17) is 0 Å². The number of nitro groups is 1. The van der Waals surface area contributed by atoms with Crippen LogP contribution < -0.4 is 0 Å².